The van der Waals surface area contributed by atoms with Gasteiger partial charge in [0.15, 0.2) is 0 Å². The van der Waals surface area contributed by atoms with Crippen LogP contribution in [0.5, 0.6) is 0 Å². The number of anilines is 1. The number of nitrogens with one attached hydrogen (secondary N) is 2. The van der Waals surface area contributed by atoms with Crippen molar-refractivity contribution in [2.45, 2.75) is 31.8 Å². The molecule has 28 heavy (non-hydrogen) atoms. The van der Waals surface area contributed by atoms with Gasteiger partial charge in [-0.3, -0.25) is 14.4 Å². The molecule has 2 bridgehead atoms. The van der Waals surface area contributed by atoms with Crippen molar-refractivity contribution in [2.24, 2.45) is 5.92 Å². The van der Waals surface area contributed by atoms with Crippen molar-refractivity contribution in [1.82, 2.24) is 10.2 Å². The maximum Gasteiger partial charge on any atom is 0.261 e. The van der Waals surface area contributed by atoms with Crippen LogP contribution in [0.1, 0.15) is 29.4 Å². The predicted molar refractivity (Wildman–Crippen MR) is 113 cm³/mol. The third kappa shape index (κ3) is 3.94. The Bertz CT molecular complexity index is 976. The summed E-state index contributed by atoms with van der Waals surface area (Å²) in [5.74, 6) is 0.512. The van der Waals surface area contributed by atoms with E-state index < -0.39 is 10.0 Å². The molecule has 2 atom stereocenters. The lowest BCUT2D eigenvalue weighted by molar-refractivity contribution is 0.0218. The maximum absolute atomic E-state index is 12.9. The van der Waals surface area contributed by atoms with E-state index in [9.17, 15) is 13.2 Å². The number of rotatable bonds is 5. The van der Waals surface area contributed by atoms with Gasteiger partial charge < -0.3 is 5.32 Å². The number of carbonyl (C=O) groups excluding carboxylic acids is 1. The van der Waals surface area contributed by atoms with Crippen molar-refractivity contribution >= 4 is 33.0 Å². The van der Waals surface area contributed by atoms with Crippen molar-refractivity contribution < 1.29 is 13.2 Å². The van der Waals surface area contributed by atoms with E-state index in [4.69, 9.17) is 0 Å². The molecule has 0 radical (unpaired) electrons. The van der Waals surface area contributed by atoms with Gasteiger partial charge in [0.05, 0.1) is 16.8 Å². The highest BCUT2D eigenvalue weighted by atomic mass is 32.2. The smallest absolute Gasteiger partial charge is 0.261 e. The molecule has 8 heteroatoms. The van der Waals surface area contributed by atoms with Gasteiger partial charge in [0.1, 0.15) is 0 Å². The molecule has 150 valence electrons. The van der Waals surface area contributed by atoms with Crippen molar-refractivity contribution in [3.05, 3.63) is 40.6 Å². The number of nitrogens with zero attached hydrogens (tertiary/aromatic N) is 1. The Morgan fingerprint density at radius 1 is 1.21 bits per heavy atom. The van der Waals surface area contributed by atoms with Crippen LogP contribution in [0.3, 0.4) is 0 Å². The van der Waals surface area contributed by atoms with Gasteiger partial charge in [-0.15, -0.1) is 11.3 Å². The lowest BCUT2D eigenvalue weighted by Gasteiger charge is -2.49. The fourth-order valence-electron chi connectivity index (χ4n) is 4.39. The fraction of sp³-hybridized carbons (Fsp3) is 0.450. The van der Waals surface area contributed by atoms with E-state index in [-0.39, 0.29) is 11.9 Å². The van der Waals surface area contributed by atoms with Crippen LogP contribution >= 0.6 is 11.3 Å². The molecular formula is C20H25N3O3S2. The molecule has 3 aliphatic rings. The Labute approximate surface area is 170 Å². The molecule has 1 aromatic carbocycles. The standard InChI is InChI=1S/C20H25N3O3S2/c1-13-19(14-7-9-23(13)10-8-14)21-20(24)18-11-15(12-27-18)16-5-3-4-6-17(16)22-28(2,25)26/h3-6,11-14,19,22H,7-10H2,1-2H3,(H,21,24). The van der Waals surface area contributed by atoms with Crippen LogP contribution in [0.25, 0.3) is 11.1 Å². The summed E-state index contributed by atoms with van der Waals surface area (Å²) >= 11 is 1.39. The second kappa shape index (κ2) is 7.50. The highest BCUT2D eigenvalue weighted by molar-refractivity contribution is 7.92. The summed E-state index contributed by atoms with van der Waals surface area (Å²) in [6.07, 6.45) is 3.43. The minimum absolute atomic E-state index is 0.0459. The first-order valence-corrected chi connectivity index (χ1v) is 12.3. The molecule has 1 aromatic heterocycles. The molecule has 2 N–H and O–H groups in total. The molecule has 0 spiro atoms. The van der Waals surface area contributed by atoms with Gasteiger partial charge in [-0.2, -0.15) is 0 Å². The number of piperidine rings is 3. The topological polar surface area (TPSA) is 78.5 Å². The van der Waals surface area contributed by atoms with Gasteiger partial charge >= 0.3 is 0 Å². The number of benzene rings is 1. The van der Waals surface area contributed by atoms with Crippen LogP contribution < -0.4 is 10.0 Å². The Kier molecular flexibility index (Phi) is 5.20. The van der Waals surface area contributed by atoms with Gasteiger partial charge in [-0.05, 0) is 61.8 Å². The van der Waals surface area contributed by atoms with E-state index >= 15 is 0 Å². The Morgan fingerprint density at radius 3 is 2.61 bits per heavy atom. The van der Waals surface area contributed by atoms with Crippen molar-refractivity contribution in [2.75, 3.05) is 24.1 Å². The quantitative estimate of drug-likeness (QED) is 0.781. The van der Waals surface area contributed by atoms with Crippen LogP contribution in [0.2, 0.25) is 0 Å². The number of thiophene rings is 1. The molecule has 3 fully saturated rings. The molecule has 3 saturated heterocycles. The zero-order valence-electron chi connectivity index (χ0n) is 16.0. The Balaban J connectivity index is 1.53. The molecule has 6 nitrogen and oxygen atoms in total. The zero-order valence-corrected chi connectivity index (χ0v) is 17.6. The third-order valence-corrected chi connectivity index (χ3v) is 7.35. The van der Waals surface area contributed by atoms with E-state index in [1.807, 2.05) is 23.6 Å². The lowest BCUT2D eigenvalue weighted by atomic mass is 9.79. The average molecular weight is 420 g/mol. The second-order valence-corrected chi connectivity index (χ2v) is 10.4. The zero-order chi connectivity index (χ0) is 19.9. The van der Waals surface area contributed by atoms with E-state index in [1.165, 1.54) is 11.3 Å². The summed E-state index contributed by atoms with van der Waals surface area (Å²) in [6.45, 7) is 4.46. The fourth-order valence-corrected chi connectivity index (χ4v) is 5.78. The highest BCUT2D eigenvalue weighted by Gasteiger charge is 2.40. The number of fused-ring (bicyclic) bond motifs is 3. The third-order valence-electron chi connectivity index (χ3n) is 5.83. The first-order valence-electron chi connectivity index (χ1n) is 9.52. The second-order valence-electron chi connectivity index (χ2n) is 7.73. The van der Waals surface area contributed by atoms with Gasteiger partial charge in [0, 0.05) is 17.6 Å². The first kappa shape index (κ1) is 19.4. The van der Waals surface area contributed by atoms with Gasteiger partial charge in [0.2, 0.25) is 10.0 Å². The Morgan fingerprint density at radius 2 is 1.93 bits per heavy atom. The summed E-state index contributed by atoms with van der Waals surface area (Å²) in [5, 5.41) is 5.15. The van der Waals surface area contributed by atoms with Crippen LogP contribution in [0, 0.1) is 5.92 Å². The number of amides is 1. The van der Waals surface area contributed by atoms with E-state index in [2.05, 4.69) is 21.9 Å². The molecule has 2 unspecified atom stereocenters. The summed E-state index contributed by atoms with van der Waals surface area (Å²) in [4.78, 5) is 16.0. The van der Waals surface area contributed by atoms with Crippen LogP contribution in [-0.4, -0.2) is 50.7 Å². The molecule has 2 aromatic rings. The van der Waals surface area contributed by atoms with Crippen LogP contribution in [0.4, 0.5) is 5.69 Å². The molecule has 0 aliphatic carbocycles. The molecule has 0 saturated carbocycles. The summed E-state index contributed by atoms with van der Waals surface area (Å²) in [7, 11) is -3.38. The SMILES string of the molecule is CC1C(NC(=O)c2cc(-c3ccccc3NS(C)(=O)=O)cs2)C2CCN1CC2. The number of sulfonamides is 1. The number of carbonyl (C=O) groups is 1. The van der Waals surface area contributed by atoms with Crippen molar-refractivity contribution in [1.29, 1.82) is 0 Å². The monoisotopic (exact) mass is 419 g/mol. The normalized spacial score (nSPS) is 26.8. The van der Waals surface area contributed by atoms with E-state index in [0.29, 0.717) is 22.5 Å². The lowest BCUT2D eigenvalue weighted by Crippen LogP contribution is -2.62. The summed E-state index contributed by atoms with van der Waals surface area (Å²) < 4.78 is 25.8. The van der Waals surface area contributed by atoms with Gasteiger partial charge in [-0.25, -0.2) is 8.42 Å². The van der Waals surface area contributed by atoms with Crippen molar-refractivity contribution in [3.8, 4) is 11.1 Å². The van der Waals surface area contributed by atoms with Gasteiger partial charge in [0.25, 0.3) is 5.91 Å². The Hall–Kier alpha value is -1.90. The summed E-state index contributed by atoms with van der Waals surface area (Å²) in [6, 6.07) is 9.63. The van der Waals surface area contributed by atoms with E-state index in [1.54, 1.807) is 12.1 Å². The molecular weight excluding hydrogens is 394 g/mol. The van der Waals surface area contributed by atoms with Crippen molar-refractivity contribution in [3.63, 3.8) is 0 Å². The molecule has 1 amide bonds. The number of hydrogen-bond acceptors (Lipinski definition) is 5. The highest BCUT2D eigenvalue weighted by Crippen LogP contribution is 2.34. The number of hydrogen-bond donors (Lipinski definition) is 2. The molecule has 3 aliphatic heterocycles. The minimum atomic E-state index is -3.38. The van der Waals surface area contributed by atoms with Crippen LogP contribution in [-0.2, 0) is 10.0 Å². The van der Waals surface area contributed by atoms with Gasteiger partial charge in [-0.1, -0.05) is 18.2 Å². The largest absolute Gasteiger partial charge is 0.347 e. The number of para-hydroxylation sites is 1. The minimum Gasteiger partial charge on any atom is -0.347 e. The maximum atomic E-state index is 12.9. The first-order chi connectivity index (χ1) is 13.3. The summed E-state index contributed by atoms with van der Waals surface area (Å²) in [5.41, 5.74) is 2.11. The predicted octanol–water partition coefficient (Wildman–Crippen LogP) is 3.00. The van der Waals surface area contributed by atoms with E-state index in [0.717, 1.165) is 43.3 Å². The van der Waals surface area contributed by atoms with Crippen LogP contribution in [0.15, 0.2) is 35.7 Å². The average Bonchev–Trinajstić information content (AvgIpc) is 3.14. The molecule has 5 rings (SSSR count). The molecule has 4 heterocycles.